The van der Waals surface area contributed by atoms with E-state index in [2.05, 4.69) is 5.32 Å². The molecule has 0 aliphatic rings. The van der Waals surface area contributed by atoms with Crippen molar-refractivity contribution < 1.29 is 14.5 Å². The van der Waals surface area contributed by atoms with E-state index in [1.807, 2.05) is 13.8 Å². The molecule has 7 nitrogen and oxygen atoms in total. The van der Waals surface area contributed by atoms with Crippen LogP contribution in [0.25, 0.3) is 0 Å². The van der Waals surface area contributed by atoms with Crippen LogP contribution < -0.4 is 15.8 Å². The number of rotatable bonds is 8. The van der Waals surface area contributed by atoms with Crippen molar-refractivity contribution in [3.63, 3.8) is 0 Å². The molecule has 7 heteroatoms. The summed E-state index contributed by atoms with van der Waals surface area (Å²) in [6.07, 6.45) is 0.346. The molecule has 0 fully saturated rings. The van der Waals surface area contributed by atoms with E-state index in [0.29, 0.717) is 12.0 Å². The largest absolute Gasteiger partial charge is 0.487 e. The quantitative estimate of drug-likeness (QED) is 0.558. The first-order valence-corrected chi connectivity index (χ1v) is 6.75. The molecule has 0 saturated carbocycles. The monoisotopic (exact) mass is 295 g/mol. The number of nitrogens with zero attached hydrogens (tertiary/aromatic N) is 1. The number of ether oxygens (including phenoxy) is 1. The zero-order valence-electron chi connectivity index (χ0n) is 12.5. The van der Waals surface area contributed by atoms with Crippen molar-refractivity contribution in [2.75, 3.05) is 6.61 Å². The van der Waals surface area contributed by atoms with Gasteiger partial charge >= 0.3 is 5.69 Å². The Bertz CT molecular complexity index is 517. The van der Waals surface area contributed by atoms with Gasteiger partial charge in [0.1, 0.15) is 0 Å². The number of nitrogens with two attached hydrogens (primary N) is 1. The number of hydrogen-bond acceptors (Lipinski definition) is 5. The predicted octanol–water partition coefficient (Wildman–Crippen LogP) is 1.52. The number of carbonyl (C=O) groups excluding carboxylic acids is 1. The molecule has 0 aromatic heterocycles. The van der Waals surface area contributed by atoms with Gasteiger partial charge < -0.3 is 15.8 Å². The Kier molecular flexibility index (Phi) is 6.10. The lowest BCUT2D eigenvalue weighted by Crippen LogP contribution is -2.45. The van der Waals surface area contributed by atoms with Gasteiger partial charge in [-0.3, -0.25) is 14.9 Å². The Hall–Kier alpha value is -2.15. The van der Waals surface area contributed by atoms with Crippen molar-refractivity contribution in [3.8, 4) is 5.75 Å². The van der Waals surface area contributed by atoms with Gasteiger partial charge in [0.25, 0.3) is 0 Å². The maximum atomic E-state index is 11.3. The van der Waals surface area contributed by atoms with Crippen molar-refractivity contribution in [2.24, 2.45) is 5.73 Å². The fourth-order valence-electron chi connectivity index (χ4n) is 1.98. The summed E-state index contributed by atoms with van der Waals surface area (Å²) in [5, 5.41) is 14.1. The number of para-hydroxylation sites is 1. The fraction of sp³-hybridized carbons (Fsp3) is 0.500. The Labute approximate surface area is 123 Å². The molecule has 1 aromatic rings. The molecular formula is C14H21N3O4. The van der Waals surface area contributed by atoms with Crippen LogP contribution in [0.1, 0.15) is 25.8 Å². The predicted molar refractivity (Wildman–Crippen MR) is 79.2 cm³/mol. The first-order valence-electron chi connectivity index (χ1n) is 6.75. The number of primary amides is 1. The lowest BCUT2D eigenvalue weighted by molar-refractivity contribution is -0.386. The minimum Gasteiger partial charge on any atom is -0.487 e. The lowest BCUT2D eigenvalue weighted by Gasteiger charge is -2.18. The van der Waals surface area contributed by atoms with E-state index >= 15 is 0 Å². The molecule has 116 valence electrons. The maximum Gasteiger partial charge on any atom is 0.313 e. The molecule has 0 saturated heterocycles. The molecule has 0 radical (unpaired) electrons. The lowest BCUT2D eigenvalue weighted by atomic mass is 10.1. The molecule has 1 amide bonds. The minimum absolute atomic E-state index is 0.0510. The van der Waals surface area contributed by atoms with Crippen LogP contribution in [-0.4, -0.2) is 29.5 Å². The Morgan fingerprint density at radius 3 is 2.67 bits per heavy atom. The number of amides is 1. The molecule has 1 aromatic carbocycles. The second kappa shape index (κ2) is 7.58. The SMILES string of the molecule is Cc1cccc(OCCC(NC(C)C)C(N)=O)c1[N+](=O)[O-]. The van der Waals surface area contributed by atoms with E-state index in [4.69, 9.17) is 10.5 Å². The van der Waals surface area contributed by atoms with Crippen molar-refractivity contribution in [1.82, 2.24) is 5.32 Å². The number of carbonyl (C=O) groups is 1. The van der Waals surface area contributed by atoms with E-state index in [-0.39, 0.29) is 24.1 Å². The highest BCUT2D eigenvalue weighted by molar-refractivity contribution is 5.79. The molecule has 21 heavy (non-hydrogen) atoms. The second-order valence-corrected chi connectivity index (χ2v) is 5.09. The van der Waals surface area contributed by atoms with Crippen LogP contribution in [-0.2, 0) is 4.79 Å². The third kappa shape index (κ3) is 5.03. The standard InChI is InChI=1S/C14H21N3O4/c1-9(2)16-11(14(15)18)7-8-21-12-6-4-5-10(3)13(12)17(19)20/h4-6,9,11,16H,7-8H2,1-3H3,(H2,15,18). The molecule has 0 bridgehead atoms. The van der Waals surface area contributed by atoms with Gasteiger partial charge in [0.2, 0.25) is 5.91 Å². The van der Waals surface area contributed by atoms with Gasteiger partial charge in [0, 0.05) is 18.0 Å². The number of hydrogen-bond donors (Lipinski definition) is 2. The van der Waals surface area contributed by atoms with Gasteiger partial charge in [-0.15, -0.1) is 0 Å². The van der Waals surface area contributed by atoms with Crippen molar-refractivity contribution in [2.45, 2.75) is 39.3 Å². The van der Waals surface area contributed by atoms with Gasteiger partial charge in [0.15, 0.2) is 5.75 Å². The van der Waals surface area contributed by atoms with Gasteiger partial charge in [-0.1, -0.05) is 26.0 Å². The number of benzene rings is 1. The van der Waals surface area contributed by atoms with Crippen LogP contribution in [0.3, 0.4) is 0 Å². The Morgan fingerprint density at radius 2 is 2.14 bits per heavy atom. The summed E-state index contributed by atoms with van der Waals surface area (Å²) >= 11 is 0. The molecule has 1 rings (SSSR count). The van der Waals surface area contributed by atoms with Crippen LogP contribution >= 0.6 is 0 Å². The summed E-state index contributed by atoms with van der Waals surface area (Å²) in [6, 6.07) is 4.47. The smallest absolute Gasteiger partial charge is 0.313 e. The molecule has 0 spiro atoms. The van der Waals surface area contributed by atoms with E-state index in [9.17, 15) is 14.9 Å². The minimum atomic E-state index is -0.520. The van der Waals surface area contributed by atoms with E-state index < -0.39 is 16.9 Å². The topological polar surface area (TPSA) is 107 Å². The summed E-state index contributed by atoms with van der Waals surface area (Å²) in [5.74, 6) is -0.265. The molecule has 0 heterocycles. The zero-order chi connectivity index (χ0) is 16.0. The summed E-state index contributed by atoms with van der Waals surface area (Å²) < 4.78 is 5.45. The molecule has 3 N–H and O–H groups in total. The van der Waals surface area contributed by atoms with Gasteiger partial charge in [-0.25, -0.2) is 0 Å². The van der Waals surface area contributed by atoms with Crippen LogP contribution in [0.2, 0.25) is 0 Å². The van der Waals surface area contributed by atoms with Gasteiger partial charge in [-0.2, -0.15) is 0 Å². The highest BCUT2D eigenvalue weighted by Crippen LogP contribution is 2.30. The Balaban J connectivity index is 2.69. The third-order valence-corrected chi connectivity index (χ3v) is 2.93. The van der Waals surface area contributed by atoms with Crippen molar-refractivity contribution in [1.29, 1.82) is 0 Å². The van der Waals surface area contributed by atoms with Crippen LogP contribution in [0, 0.1) is 17.0 Å². The summed E-state index contributed by atoms with van der Waals surface area (Å²) in [5.41, 5.74) is 5.78. The maximum absolute atomic E-state index is 11.3. The average Bonchev–Trinajstić information content (AvgIpc) is 2.36. The summed E-state index contributed by atoms with van der Waals surface area (Å²) in [7, 11) is 0. The first-order chi connectivity index (χ1) is 9.82. The van der Waals surface area contributed by atoms with E-state index in [1.165, 1.54) is 0 Å². The molecule has 0 aliphatic carbocycles. The number of nitro groups is 1. The van der Waals surface area contributed by atoms with Crippen LogP contribution in [0.5, 0.6) is 5.75 Å². The third-order valence-electron chi connectivity index (χ3n) is 2.93. The number of nitro benzene ring substituents is 1. The molecular weight excluding hydrogens is 274 g/mol. The Morgan fingerprint density at radius 1 is 1.48 bits per heavy atom. The highest BCUT2D eigenvalue weighted by Gasteiger charge is 2.20. The van der Waals surface area contributed by atoms with Gasteiger partial charge in [0.05, 0.1) is 17.6 Å². The van der Waals surface area contributed by atoms with E-state index in [1.54, 1.807) is 25.1 Å². The molecule has 0 aliphatic heterocycles. The van der Waals surface area contributed by atoms with E-state index in [0.717, 1.165) is 0 Å². The van der Waals surface area contributed by atoms with Gasteiger partial charge in [-0.05, 0) is 13.0 Å². The zero-order valence-corrected chi connectivity index (χ0v) is 12.5. The normalized spacial score (nSPS) is 12.2. The van der Waals surface area contributed by atoms with Crippen LogP contribution in [0.4, 0.5) is 5.69 Å². The molecule has 1 unspecified atom stereocenters. The average molecular weight is 295 g/mol. The van der Waals surface area contributed by atoms with Crippen molar-refractivity contribution >= 4 is 11.6 Å². The molecule has 1 atom stereocenters. The number of aryl methyl sites for hydroxylation is 1. The number of nitrogens with one attached hydrogen (secondary N) is 1. The highest BCUT2D eigenvalue weighted by atomic mass is 16.6. The summed E-state index contributed by atoms with van der Waals surface area (Å²) in [4.78, 5) is 21.9. The first kappa shape index (κ1) is 16.9. The van der Waals surface area contributed by atoms with Crippen molar-refractivity contribution in [3.05, 3.63) is 33.9 Å². The fourth-order valence-corrected chi connectivity index (χ4v) is 1.98. The van der Waals surface area contributed by atoms with Crippen LogP contribution in [0.15, 0.2) is 18.2 Å². The summed E-state index contributed by atoms with van der Waals surface area (Å²) in [6.45, 7) is 5.62. The second-order valence-electron chi connectivity index (χ2n) is 5.09.